The third-order valence-electron chi connectivity index (χ3n) is 3.03. The summed E-state index contributed by atoms with van der Waals surface area (Å²) in [7, 11) is -4.05. The van der Waals surface area contributed by atoms with Crippen molar-refractivity contribution in [1.29, 1.82) is 0 Å². The largest absolute Gasteiger partial charge is 0.480 e. The molecule has 0 bridgehead atoms. The number of benzene rings is 1. The normalized spacial score (nSPS) is 13.6. The summed E-state index contributed by atoms with van der Waals surface area (Å²) < 4.78 is 26.3. The number of amides is 1. The first kappa shape index (κ1) is 18.1. The van der Waals surface area contributed by atoms with Crippen LogP contribution in [0.5, 0.6) is 0 Å². The Hall–Kier alpha value is -1.93. The van der Waals surface area contributed by atoms with E-state index in [0.717, 1.165) is 5.56 Å². The molecule has 1 aromatic rings. The molecule has 0 aliphatic rings. The smallest absolute Gasteiger partial charge is 0.322 e. The fourth-order valence-corrected chi connectivity index (χ4v) is 2.96. The number of hydrogen-bond acceptors (Lipinski definition) is 4. The first-order chi connectivity index (χ1) is 9.93. The van der Waals surface area contributed by atoms with Crippen molar-refractivity contribution in [2.75, 3.05) is 0 Å². The summed E-state index contributed by atoms with van der Waals surface area (Å²) in [5.74, 6) is -2.37. The highest BCUT2D eigenvalue weighted by molar-refractivity contribution is 7.89. The number of rotatable bonds is 6. The third-order valence-corrected chi connectivity index (χ3v) is 4.52. The van der Waals surface area contributed by atoms with Gasteiger partial charge in [-0.15, -0.1) is 0 Å². The lowest BCUT2D eigenvalue weighted by molar-refractivity contribution is -0.140. The summed E-state index contributed by atoms with van der Waals surface area (Å²) in [5, 5.41) is 8.95. The predicted octanol–water partition coefficient (Wildman–Crippen LogP) is 0.591. The molecule has 1 amide bonds. The van der Waals surface area contributed by atoms with Crippen LogP contribution in [-0.4, -0.2) is 31.4 Å². The lowest BCUT2D eigenvalue weighted by Crippen LogP contribution is -2.43. The summed E-state index contributed by atoms with van der Waals surface area (Å²) in [6.07, 6.45) is -0.616. The van der Waals surface area contributed by atoms with E-state index in [1.165, 1.54) is 12.1 Å². The van der Waals surface area contributed by atoms with Gasteiger partial charge >= 0.3 is 5.97 Å². The number of aliphatic carboxylic acids is 1. The Bertz CT molecular complexity index is 659. The van der Waals surface area contributed by atoms with Gasteiger partial charge in [0.25, 0.3) is 0 Å². The van der Waals surface area contributed by atoms with Gasteiger partial charge in [0, 0.05) is 0 Å². The Morgan fingerprint density at radius 3 is 2.09 bits per heavy atom. The number of carboxylic acids is 1. The Morgan fingerprint density at radius 1 is 1.23 bits per heavy atom. The first-order valence-corrected chi connectivity index (χ1v) is 8.06. The number of nitrogens with one attached hydrogen (secondary N) is 1. The van der Waals surface area contributed by atoms with Crippen LogP contribution >= 0.6 is 0 Å². The highest BCUT2D eigenvalue weighted by Gasteiger charge is 2.27. The summed E-state index contributed by atoms with van der Waals surface area (Å²) in [6, 6.07) is 4.53. The second-order valence-corrected chi connectivity index (χ2v) is 7.67. The highest BCUT2D eigenvalue weighted by Crippen LogP contribution is 2.23. The number of hydrogen-bond donors (Lipinski definition) is 3. The summed E-state index contributed by atoms with van der Waals surface area (Å²) in [4.78, 5) is 21.7. The van der Waals surface area contributed by atoms with Crippen LogP contribution in [0.3, 0.4) is 0 Å². The molecule has 4 N–H and O–H groups in total. The predicted molar refractivity (Wildman–Crippen MR) is 80.7 cm³/mol. The molecule has 7 nitrogen and oxygen atoms in total. The van der Waals surface area contributed by atoms with Crippen LogP contribution in [0.4, 0.5) is 0 Å². The first-order valence-electron chi connectivity index (χ1n) is 6.57. The van der Waals surface area contributed by atoms with Crippen LogP contribution in [0.1, 0.15) is 32.8 Å². The van der Waals surface area contributed by atoms with Gasteiger partial charge in [0.15, 0.2) is 0 Å². The van der Waals surface area contributed by atoms with Crippen LogP contribution in [0.25, 0.3) is 0 Å². The van der Waals surface area contributed by atoms with Gasteiger partial charge in [0.2, 0.25) is 15.9 Å². The summed E-state index contributed by atoms with van der Waals surface area (Å²) in [6.45, 7) is 5.96. The average Bonchev–Trinajstić information content (AvgIpc) is 2.36. The standard InChI is InChI=1S/C14H20N2O5S/c1-14(2,3)9-4-6-10(7-5-9)22(20,21)16-11(13(18)19)8-12(15)17/h4-7,11,16H,8H2,1-3H3,(H2,15,17)(H,18,19). The molecule has 22 heavy (non-hydrogen) atoms. The quantitative estimate of drug-likeness (QED) is 0.704. The van der Waals surface area contributed by atoms with Crippen molar-refractivity contribution in [2.45, 2.75) is 43.5 Å². The van der Waals surface area contributed by atoms with E-state index in [4.69, 9.17) is 10.8 Å². The van der Waals surface area contributed by atoms with Gasteiger partial charge in [-0.1, -0.05) is 32.9 Å². The van der Waals surface area contributed by atoms with Crippen LogP contribution < -0.4 is 10.5 Å². The van der Waals surface area contributed by atoms with E-state index in [0.29, 0.717) is 0 Å². The molecule has 8 heteroatoms. The van der Waals surface area contributed by atoms with Gasteiger partial charge < -0.3 is 10.8 Å². The molecule has 1 atom stereocenters. The molecule has 122 valence electrons. The van der Waals surface area contributed by atoms with Gasteiger partial charge in [-0.3, -0.25) is 9.59 Å². The molecule has 0 spiro atoms. The van der Waals surface area contributed by atoms with Gasteiger partial charge in [0.05, 0.1) is 11.3 Å². The second kappa shape index (κ2) is 6.45. The molecule has 0 saturated carbocycles. The molecular weight excluding hydrogens is 308 g/mol. The summed E-state index contributed by atoms with van der Waals surface area (Å²) in [5.41, 5.74) is 5.73. The van der Waals surface area contributed by atoms with Gasteiger partial charge in [0.1, 0.15) is 6.04 Å². The third kappa shape index (κ3) is 4.81. The van der Waals surface area contributed by atoms with Crippen LogP contribution in [0.15, 0.2) is 29.2 Å². The molecule has 0 aromatic heterocycles. The van der Waals surface area contributed by atoms with E-state index in [2.05, 4.69) is 0 Å². The van der Waals surface area contributed by atoms with Crippen molar-refractivity contribution in [3.05, 3.63) is 29.8 Å². The maximum absolute atomic E-state index is 12.2. The maximum Gasteiger partial charge on any atom is 0.322 e. The Labute approximate surface area is 129 Å². The molecule has 0 aliphatic heterocycles. The SMILES string of the molecule is CC(C)(C)c1ccc(S(=O)(=O)NC(CC(N)=O)C(=O)O)cc1. The van der Waals surface area contributed by atoms with E-state index < -0.39 is 34.4 Å². The van der Waals surface area contributed by atoms with Crippen LogP contribution in [0, 0.1) is 0 Å². The van der Waals surface area contributed by atoms with Crippen molar-refractivity contribution < 1.29 is 23.1 Å². The topological polar surface area (TPSA) is 127 Å². The lowest BCUT2D eigenvalue weighted by atomic mass is 9.87. The minimum absolute atomic E-state index is 0.0729. The molecule has 0 aliphatic carbocycles. The van der Waals surface area contributed by atoms with E-state index in [9.17, 15) is 18.0 Å². The molecule has 0 fully saturated rings. The fourth-order valence-electron chi connectivity index (χ4n) is 1.77. The molecule has 0 saturated heterocycles. The minimum atomic E-state index is -4.05. The van der Waals surface area contributed by atoms with E-state index in [1.54, 1.807) is 12.1 Å². The number of carboxylic acid groups (broad SMARTS) is 1. The van der Waals surface area contributed by atoms with Gasteiger partial charge in [-0.2, -0.15) is 4.72 Å². The van der Waals surface area contributed by atoms with E-state index in [-0.39, 0.29) is 10.3 Å². The number of sulfonamides is 1. The average molecular weight is 328 g/mol. The zero-order valence-electron chi connectivity index (χ0n) is 12.7. The molecule has 0 radical (unpaired) electrons. The van der Waals surface area contributed by atoms with Crippen molar-refractivity contribution in [3.8, 4) is 0 Å². The zero-order valence-corrected chi connectivity index (χ0v) is 13.5. The van der Waals surface area contributed by atoms with Gasteiger partial charge in [-0.25, -0.2) is 8.42 Å². The van der Waals surface area contributed by atoms with E-state index >= 15 is 0 Å². The molecular formula is C14H20N2O5S. The molecule has 1 unspecified atom stereocenters. The summed E-state index contributed by atoms with van der Waals surface area (Å²) >= 11 is 0. The Balaban J connectivity index is 3.03. The number of carbonyl (C=O) groups excluding carboxylic acids is 1. The molecule has 1 rings (SSSR count). The van der Waals surface area contributed by atoms with Crippen molar-refractivity contribution in [2.24, 2.45) is 5.73 Å². The number of primary amides is 1. The monoisotopic (exact) mass is 328 g/mol. The van der Waals surface area contributed by atoms with Crippen molar-refractivity contribution >= 4 is 21.9 Å². The van der Waals surface area contributed by atoms with Crippen LogP contribution in [-0.2, 0) is 25.0 Å². The maximum atomic E-state index is 12.2. The molecule has 1 aromatic carbocycles. The fraction of sp³-hybridized carbons (Fsp3) is 0.429. The number of carbonyl (C=O) groups is 2. The van der Waals surface area contributed by atoms with Crippen LogP contribution in [0.2, 0.25) is 0 Å². The zero-order chi connectivity index (χ0) is 17.1. The Morgan fingerprint density at radius 2 is 1.73 bits per heavy atom. The second-order valence-electron chi connectivity index (χ2n) is 5.96. The minimum Gasteiger partial charge on any atom is -0.480 e. The molecule has 0 heterocycles. The van der Waals surface area contributed by atoms with E-state index in [1.807, 2.05) is 25.5 Å². The van der Waals surface area contributed by atoms with Crippen molar-refractivity contribution in [3.63, 3.8) is 0 Å². The Kier molecular flexibility index (Phi) is 5.31. The van der Waals surface area contributed by atoms with Crippen molar-refractivity contribution in [1.82, 2.24) is 4.72 Å². The van der Waals surface area contributed by atoms with Gasteiger partial charge in [-0.05, 0) is 23.1 Å². The highest BCUT2D eigenvalue weighted by atomic mass is 32.2. The number of nitrogens with two attached hydrogens (primary N) is 1. The lowest BCUT2D eigenvalue weighted by Gasteiger charge is -2.19.